The van der Waals surface area contributed by atoms with Gasteiger partial charge in [-0.05, 0) is 45.9 Å². The van der Waals surface area contributed by atoms with Crippen LogP contribution in [0.2, 0.25) is 0 Å². The Morgan fingerprint density at radius 1 is 1.29 bits per heavy atom. The Balaban J connectivity index is 2.38. The number of hydrogen-bond donors (Lipinski definition) is 1. The van der Waals surface area contributed by atoms with Crippen LogP contribution in [0, 0.1) is 6.92 Å². The van der Waals surface area contributed by atoms with E-state index in [-0.39, 0.29) is 11.4 Å². The van der Waals surface area contributed by atoms with Gasteiger partial charge in [0.25, 0.3) is 0 Å². The SMILES string of the molecule is CCN(CCOc1ccccc1C)CC(=O)NC(C)(C)C. The molecule has 4 nitrogen and oxygen atoms in total. The van der Waals surface area contributed by atoms with Crippen molar-refractivity contribution >= 4 is 5.91 Å². The number of nitrogens with one attached hydrogen (secondary N) is 1. The minimum Gasteiger partial charge on any atom is -0.492 e. The summed E-state index contributed by atoms with van der Waals surface area (Å²) in [5.74, 6) is 0.966. The van der Waals surface area contributed by atoms with Gasteiger partial charge in [-0.15, -0.1) is 0 Å². The highest BCUT2D eigenvalue weighted by Gasteiger charge is 2.16. The van der Waals surface area contributed by atoms with Gasteiger partial charge in [0, 0.05) is 12.1 Å². The summed E-state index contributed by atoms with van der Waals surface area (Å²) in [4.78, 5) is 14.0. The molecule has 118 valence electrons. The van der Waals surface area contributed by atoms with Gasteiger partial charge in [0.2, 0.25) is 5.91 Å². The largest absolute Gasteiger partial charge is 0.492 e. The average molecular weight is 292 g/mol. The van der Waals surface area contributed by atoms with Crippen molar-refractivity contribution in [2.24, 2.45) is 0 Å². The van der Waals surface area contributed by atoms with Crippen molar-refractivity contribution in [2.75, 3.05) is 26.2 Å². The number of hydrogen-bond acceptors (Lipinski definition) is 3. The Morgan fingerprint density at radius 2 is 1.95 bits per heavy atom. The Morgan fingerprint density at radius 3 is 2.52 bits per heavy atom. The number of ether oxygens (including phenoxy) is 1. The first-order valence-electron chi connectivity index (χ1n) is 7.53. The molecule has 21 heavy (non-hydrogen) atoms. The van der Waals surface area contributed by atoms with Gasteiger partial charge in [0.1, 0.15) is 12.4 Å². The molecule has 0 saturated carbocycles. The number of benzene rings is 1. The Kier molecular flexibility index (Phi) is 6.69. The van der Waals surface area contributed by atoms with E-state index in [0.29, 0.717) is 13.2 Å². The molecule has 0 aliphatic rings. The quantitative estimate of drug-likeness (QED) is 0.840. The van der Waals surface area contributed by atoms with E-state index >= 15 is 0 Å². The van der Waals surface area contributed by atoms with Crippen molar-refractivity contribution in [2.45, 2.75) is 40.2 Å². The lowest BCUT2D eigenvalue weighted by molar-refractivity contribution is -0.123. The fourth-order valence-corrected chi connectivity index (χ4v) is 2.01. The number of nitrogens with zero attached hydrogens (tertiary/aromatic N) is 1. The van der Waals surface area contributed by atoms with E-state index in [4.69, 9.17) is 4.74 Å². The monoisotopic (exact) mass is 292 g/mol. The molecule has 1 aromatic carbocycles. The first-order valence-corrected chi connectivity index (χ1v) is 7.53. The maximum absolute atomic E-state index is 11.9. The summed E-state index contributed by atoms with van der Waals surface area (Å²) in [6.07, 6.45) is 0. The van der Waals surface area contributed by atoms with Gasteiger partial charge in [-0.3, -0.25) is 9.69 Å². The van der Waals surface area contributed by atoms with Gasteiger partial charge in [-0.2, -0.15) is 0 Å². The number of aryl methyl sites for hydroxylation is 1. The molecule has 0 aromatic heterocycles. The molecule has 1 N–H and O–H groups in total. The van der Waals surface area contributed by atoms with Crippen LogP contribution in [0.1, 0.15) is 33.3 Å². The van der Waals surface area contributed by atoms with E-state index in [2.05, 4.69) is 17.1 Å². The molecular formula is C17H28N2O2. The van der Waals surface area contributed by atoms with Crippen LogP contribution in [-0.2, 0) is 4.79 Å². The van der Waals surface area contributed by atoms with E-state index in [1.165, 1.54) is 0 Å². The van der Waals surface area contributed by atoms with Crippen molar-refractivity contribution in [1.29, 1.82) is 0 Å². The molecular weight excluding hydrogens is 264 g/mol. The third-order valence-corrected chi connectivity index (χ3v) is 3.09. The summed E-state index contributed by atoms with van der Waals surface area (Å²) in [5.41, 5.74) is 0.944. The van der Waals surface area contributed by atoms with Gasteiger partial charge in [-0.25, -0.2) is 0 Å². The van der Waals surface area contributed by atoms with Crippen molar-refractivity contribution in [3.63, 3.8) is 0 Å². The molecule has 1 rings (SSSR count). The van der Waals surface area contributed by atoms with Crippen LogP contribution in [0.4, 0.5) is 0 Å². The van der Waals surface area contributed by atoms with Gasteiger partial charge < -0.3 is 10.1 Å². The highest BCUT2D eigenvalue weighted by molar-refractivity contribution is 5.78. The second-order valence-corrected chi connectivity index (χ2v) is 6.28. The lowest BCUT2D eigenvalue weighted by Gasteiger charge is -2.25. The minimum atomic E-state index is -0.186. The fraction of sp³-hybridized carbons (Fsp3) is 0.588. The molecule has 0 fully saturated rings. The molecule has 0 bridgehead atoms. The number of rotatable bonds is 7. The molecule has 4 heteroatoms. The summed E-state index contributed by atoms with van der Waals surface area (Å²) >= 11 is 0. The van der Waals surface area contributed by atoms with Crippen LogP contribution in [0.5, 0.6) is 5.75 Å². The van der Waals surface area contributed by atoms with Crippen molar-refractivity contribution in [1.82, 2.24) is 10.2 Å². The third kappa shape index (κ3) is 7.14. The smallest absolute Gasteiger partial charge is 0.234 e. The van der Waals surface area contributed by atoms with Crippen LogP contribution in [0.25, 0.3) is 0 Å². The zero-order chi connectivity index (χ0) is 15.9. The first-order chi connectivity index (χ1) is 9.81. The number of amides is 1. The summed E-state index contributed by atoms with van der Waals surface area (Å²) < 4.78 is 5.78. The number of carbonyl (C=O) groups is 1. The topological polar surface area (TPSA) is 41.6 Å². The molecule has 1 aromatic rings. The van der Waals surface area contributed by atoms with Gasteiger partial charge in [-0.1, -0.05) is 25.1 Å². The Labute approximate surface area is 128 Å². The molecule has 1 amide bonds. The van der Waals surface area contributed by atoms with E-state index in [1.807, 2.05) is 52.0 Å². The molecule has 0 aliphatic heterocycles. The van der Waals surface area contributed by atoms with E-state index in [0.717, 1.165) is 24.4 Å². The summed E-state index contributed by atoms with van der Waals surface area (Å²) in [7, 11) is 0. The second-order valence-electron chi connectivity index (χ2n) is 6.28. The fourth-order valence-electron chi connectivity index (χ4n) is 2.01. The normalized spacial score (nSPS) is 11.5. The van der Waals surface area contributed by atoms with Crippen LogP contribution < -0.4 is 10.1 Å². The van der Waals surface area contributed by atoms with Gasteiger partial charge >= 0.3 is 0 Å². The highest BCUT2D eigenvalue weighted by atomic mass is 16.5. The zero-order valence-corrected chi connectivity index (χ0v) is 13.9. The van der Waals surface area contributed by atoms with Crippen molar-refractivity contribution in [3.05, 3.63) is 29.8 Å². The van der Waals surface area contributed by atoms with E-state index in [9.17, 15) is 4.79 Å². The summed E-state index contributed by atoms with van der Waals surface area (Å²) in [6, 6.07) is 7.97. The van der Waals surface area contributed by atoms with Crippen LogP contribution in [-0.4, -0.2) is 42.6 Å². The van der Waals surface area contributed by atoms with Gasteiger partial charge in [0.15, 0.2) is 0 Å². The van der Waals surface area contributed by atoms with E-state index in [1.54, 1.807) is 0 Å². The standard InChI is InChI=1S/C17H28N2O2/c1-6-19(13-16(20)18-17(3,4)5)11-12-21-15-10-8-7-9-14(15)2/h7-10H,6,11-13H2,1-5H3,(H,18,20). The average Bonchev–Trinajstić information content (AvgIpc) is 2.37. The van der Waals surface area contributed by atoms with Crippen molar-refractivity contribution < 1.29 is 9.53 Å². The highest BCUT2D eigenvalue weighted by Crippen LogP contribution is 2.15. The maximum atomic E-state index is 11.9. The summed E-state index contributed by atoms with van der Waals surface area (Å²) in [5, 5.41) is 2.98. The number of para-hydroxylation sites is 1. The minimum absolute atomic E-state index is 0.0558. The molecule has 0 radical (unpaired) electrons. The van der Waals surface area contributed by atoms with E-state index < -0.39 is 0 Å². The first kappa shape index (κ1) is 17.5. The Hall–Kier alpha value is -1.55. The zero-order valence-electron chi connectivity index (χ0n) is 13.9. The Bertz CT molecular complexity index is 452. The number of carbonyl (C=O) groups excluding carboxylic acids is 1. The predicted molar refractivity (Wildman–Crippen MR) is 86.7 cm³/mol. The van der Waals surface area contributed by atoms with Crippen molar-refractivity contribution in [3.8, 4) is 5.75 Å². The molecule has 0 heterocycles. The second kappa shape index (κ2) is 8.03. The third-order valence-electron chi connectivity index (χ3n) is 3.09. The van der Waals surface area contributed by atoms with Crippen LogP contribution in [0.3, 0.4) is 0 Å². The number of likely N-dealkylation sites (N-methyl/N-ethyl adjacent to an activating group) is 1. The molecule has 0 unspecified atom stereocenters. The summed E-state index contributed by atoms with van der Waals surface area (Å²) in [6.45, 7) is 12.6. The molecule has 0 spiro atoms. The maximum Gasteiger partial charge on any atom is 0.234 e. The van der Waals surface area contributed by atoms with Crippen LogP contribution >= 0.6 is 0 Å². The molecule has 0 aliphatic carbocycles. The van der Waals surface area contributed by atoms with Crippen LogP contribution in [0.15, 0.2) is 24.3 Å². The molecule has 0 saturated heterocycles. The lowest BCUT2D eigenvalue weighted by atomic mass is 10.1. The van der Waals surface area contributed by atoms with Gasteiger partial charge in [0.05, 0.1) is 6.54 Å². The lowest BCUT2D eigenvalue weighted by Crippen LogP contribution is -2.46. The molecule has 0 atom stereocenters. The predicted octanol–water partition coefficient (Wildman–Crippen LogP) is 2.61.